The van der Waals surface area contributed by atoms with Gasteiger partial charge >= 0.3 is 0 Å². The van der Waals surface area contributed by atoms with Crippen molar-refractivity contribution < 1.29 is 9.47 Å². The van der Waals surface area contributed by atoms with E-state index in [2.05, 4.69) is 47.7 Å². The number of aryl methyl sites for hydroxylation is 2. The maximum Gasteiger partial charge on any atom is 0.190 e. The number of hydrogen-bond donors (Lipinski definition) is 2. The summed E-state index contributed by atoms with van der Waals surface area (Å²) >= 11 is 0. The highest BCUT2D eigenvalue weighted by atomic mass is 127. The van der Waals surface area contributed by atoms with E-state index in [0.29, 0.717) is 5.92 Å². The minimum absolute atomic E-state index is 0. The van der Waals surface area contributed by atoms with Gasteiger partial charge < -0.3 is 20.1 Å². The number of nitrogens with zero attached hydrogens (tertiary/aromatic N) is 1. The van der Waals surface area contributed by atoms with Gasteiger partial charge in [-0.1, -0.05) is 29.3 Å². The van der Waals surface area contributed by atoms with Crippen molar-refractivity contribution in [1.29, 1.82) is 0 Å². The molecule has 1 aromatic carbocycles. The summed E-state index contributed by atoms with van der Waals surface area (Å²) in [4.78, 5) is 4.27. The molecule has 1 aromatic rings. The number of nitrogens with one attached hydrogen (secondary N) is 2. The Kier molecular flexibility index (Phi) is 11.9. The Balaban J connectivity index is 0.00000338. The topological polar surface area (TPSA) is 54.9 Å². The fraction of sp³-hybridized carbons (Fsp3) is 0.650. The van der Waals surface area contributed by atoms with Crippen LogP contribution in [0.1, 0.15) is 29.5 Å². The summed E-state index contributed by atoms with van der Waals surface area (Å²) in [5.41, 5.74) is 4.01. The molecule has 5 nitrogen and oxygen atoms in total. The highest BCUT2D eigenvalue weighted by Gasteiger charge is 2.15. The second-order valence-electron chi connectivity index (χ2n) is 6.83. The van der Waals surface area contributed by atoms with E-state index in [1.165, 1.54) is 16.7 Å². The number of aliphatic imine (C=N–C) groups is 1. The van der Waals surface area contributed by atoms with Crippen LogP contribution in [0.25, 0.3) is 0 Å². The van der Waals surface area contributed by atoms with Crippen molar-refractivity contribution in [2.24, 2.45) is 10.9 Å². The van der Waals surface area contributed by atoms with Crippen LogP contribution in [0.2, 0.25) is 0 Å². The van der Waals surface area contributed by atoms with Crippen molar-refractivity contribution in [3.05, 3.63) is 34.9 Å². The first-order valence-electron chi connectivity index (χ1n) is 9.34. The number of benzene rings is 1. The first kappa shape index (κ1) is 23.2. The molecule has 0 aliphatic carbocycles. The zero-order valence-corrected chi connectivity index (χ0v) is 18.7. The molecule has 0 aromatic heterocycles. The summed E-state index contributed by atoms with van der Waals surface area (Å²) in [6, 6.07) is 6.70. The molecule has 0 saturated carbocycles. The van der Waals surface area contributed by atoms with E-state index < -0.39 is 0 Å². The first-order valence-corrected chi connectivity index (χ1v) is 9.34. The molecular weight excluding hydrogens is 441 g/mol. The molecule has 1 aliphatic heterocycles. The Hall–Kier alpha value is -0.860. The Morgan fingerprint density at radius 3 is 2.58 bits per heavy atom. The Morgan fingerprint density at radius 1 is 1.19 bits per heavy atom. The standard InChI is InChI=1S/C20H33N3O2.HI/c1-16-11-17(2)13-18(12-16)5-8-23-20(21-3)22-7-4-9-24-14-19-6-10-25-15-19;/h11-13,19H,4-10,14-15H2,1-3H3,(H2,21,22,23);1H. The number of halogens is 1. The maximum atomic E-state index is 5.71. The zero-order valence-electron chi connectivity index (χ0n) is 16.3. The molecule has 148 valence electrons. The Labute approximate surface area is 175 Å². The van der Waals surface area contributed by atoms with Gasteiger partial charge in [0.25, 0.3) is 0 Å². The third-order valence-electron chi connectivity index (χ3n) is 4.35. The predicted molar refractivity (Wildman–Crippen MR) is 119 cm³/mol. The van der Waals surface area contributed by atoms with Crippen LogP contribution >= 0.6 is 24.0 Å². The van der Waals surface area contributed by atoms with Gasteiger partial charge in [0.2, 0.25) is 0 Å². The molecule has 1 atom stereocenters. The molecule has 26 heavy (non-hydrogen) atoms. The summed E-state index contributed by atoms with van der Waals surface area (Å²) in [6.45, 7) is 9.38. The minimum Gasteiger partial charge on any atom is -0.381 e. The molecule has 1 fully saturated rings. The van der Waals surface area contributed by atoms with Crippen LogP contribution in [0.3, 0.4) is 0 Å². The fourth-order valence-corrected chi connectivity index (χ4v) is 3.10. The minimum atomic E-state index is 0. The number of hydrogen-bond acceptors (Lipinski definition) is 3. The van der Waals surface area contributed by atoms with Gasteiger partial charge in [0.15, 0.2) is 5.96 Å². The van der Waals surface area contributed by atoms with Crippen LogP contribution in [0.15, 0.2) is 23.2 Å². The van der Waals surface area contributed by atoms with Gasteiger partial charge in [-0.05, 0) is 38.7 Å². The van der Waals surface area contributed by atoms with Gasteiger partial charge in [0, 0.05) is 39.3 Å². The van der Waals surface area contributed by atoms with Crippen molar-refractivity contribution in [2.75, 3.05) is 46.6 Å². The van der Waals surface area contributed by atoms with E-state index >= 15 is 0 Å². The number of guanidine groups is 1. The van der Waals surface area contributed by atoms with Gasteiger partial charge in [0.05, 0.1) is 13.2 Å². The highest BCUT2D eigenvalue weighted by molar-refractivity contribution is 14.0. The molecule has 0 radical (unpaired) electrons. The van der Waals surface area contributed by atoms with E-state index in [-0.39, 0.29) is 24.0 Å². The maximum absolute atomic E-state index is 5.71. The Morgan fingerprint density at radius 2 is 1.92 bits per heavy atom. The van der Waals surface area contributed by atoms with Crippen LogP contribution < -0.4 is 10.6 Å². The normalized spacial score (nSPS) is 17.0. The van der Waals surface area contributed by atoms with Crippen LogP contribution in [-0.2, 0) is 15.9 Å². The third kappa shape index (κ3) is 9.19. The average molecular weight is 475 g/mol. The molecular formula is C20H34IN3O2. The zero-order chi connectivity index (χ0) is 17.9. The summed E-state index contributed by atoms with van der Waals surface area (Å²) in [5.74, 6) is 1.45. The Bertz CT molecular complexity index is 526. The monoisotopic (exact) mass is 475 g/mol. The second-order valence-corrected chi connectivity index (χ2v) is 6.83. The van der Waals surface area contributed by atoms with Crippen molar-refractivity contribution in [3.8, 4) is 0 Å². The molecule has 1 heterocycles. The fourth-order valence-electron chi connectivity index (χ4n) is 3.10. The highest BCUT2D eigenvalue weighted by Crippen LogP contribution is 2.12. The van der Waals surface area contributed by atoms with Crippen LogP contribution in [0, 0.1) is 19.8 Å². The summed E-state index contributed by atoms with van der Waals surface area (Å²) < 4.78 is 11.1. The lowest BCUT2D eigenvalue weighted by atomic mass is 10.1. The molecule has 1 unspecified atom stereocenters. The van der Waals surface area contributed by atoms with Crippen LogP contribution in [0.4, 0.5) is 0 Å². The summed E-state index contributed by atoms with van der Waals surface area (Å²) in [7, 11) is 1.81. The summed E-state index contributed by atoms with van der Waals surface area (Å²) in [6.07, 6.45) is 3.11. The van der Waals surface area contributed by atoms with Crippen LogP contribution in [0.5, 0.6) is 0 Å². The largest absolute Gasteiger partial charge is 0.381 e. The van der Waals surface area contributed by atoms with Crippen molar-refractivity contribution in [3.63, 3.8) is 0 Å². The van der Waals surface area contributed by atoms with Crippen molar-refractivity contribution >= 4 is 29.9 Å². The SMILES string of the molecule is CN=C(NCCCOCC1CCOC1)NCCc1cc(C)cc(C)c1.I. The average Bonchev–Trinajstić information content (AvgIpc) is 3.08. The lowest BCUT2D eigenvalue weighted by Crippen LogP contribution is -2.39. The lowest BCUT2D eigenvalue weighted by Gasteiger charge is -2.13. The molecule has 0 amide bonds. The van der Waals surface area contributed by atoms with Crippen molar-refractivity contribution in [1.82, 2.24) is 10.6 Å². The molecule has 1 saturated heterocycles. The van der Waals surface area contributed by atoms with Gasteiger partial charge in [0.1, 0.15) is 0 Å². The quantitative estimate of drug-likeness (QED) is 0.250. The molecule has 1 aliphatic rings. The second kappa shape index (κ2) is 13.3. The smallest absolute Gasteiger partial charge is 0.190 e. The van der Waals surface area contributed by atoms with Gasteiger partial charge in [-0.3, -0.25) is 4.99 Å². The third-order valence-corrected chi connectivity index (χ3v) is 4.35. The van der Waals surface area contributed by atoms with Crippen molar-refractivity contribution in [2.45, 2.75) is 33.1 Å². The van der Waals surface area contributed by atoms with Gasteiger partial charge in [-0.25, -0.2) is 0 Å². The van der Waals surface area contributed by atoms with E-state index in [1.807, 2.05) is 7.05 Å². The number of rotatable bonds is 9. The first-order chi connectivity index (χ1) is 12.2. The molecule has 6 heteroatoms. The molecule has 2 rings (SSSR count). The molecule has 0 bridgehead atoms. The number of ether oxygens (including phenoxy) is 2. The molecule has 0 spiro atoms. The van der Waals surface area contributed by atoms with Crippen LogP contribution in [-0.4, -0.2) is 52.5 Å². The molecule has 2 N–H and O–H groups in total. The lowest BCUT2D eigenvalue weighted by molar-refractivity contribution is 0.0888. The summed E-state index contributed by atoms with van der Waals surface area (Å²) in [5, 5.41) is 6.72. The van der Waals surface area contributed by atoms with E-state index in [1.54, 1.807) is 0 Å². The predicted octanol–water partition coefficient (Wildman–Crippen LogP) is 3.07. The van der Waals surface area contributed by atoms with E-state index in [9.17, 15) is 0 Å². The van der Waals surface area contributed by atoms with Gasteiger partial charge in [-0.15, -0.1) is 24.0 Å². The van der Waals surface area contributed by atoms with Gasteiger partial charge in [-0.2, -0.15) is 0 Å². The van der Waals surface area contributed by atoms with E-state index in [4.69, 9.17) is 9.47 Å². The van der Waals surface area contributed by atoms with E-state index in [0.717, 1.165) is 64.7 Å².